The van der Waals surface area contributed by atoms with Gasteiger partial charge in [0, 0.05) is 25.7 Å². The molecule has 0 aliphatic heterocycles. The second kappa shape index (κ2) is 6.34. The molecule has 0 aliphatic rings. The predicted octanol–water partition coefficient (Wildman–Crippen LogP) is -0.762. The Morgan fingerprint density at radius 1 is 1.36 bits per heavy atom. The smallest absolute Gasteiger partial charge is 0.208 e. The molecule has 6 heteroatoms. The minimum absolute atomic E-state index is 0.0943. The van der Waals surface area contributed by atoms with Gasteiger partial charge in [0.05, 0.1) is 12.9 Å². The number of aliphatic hydroxyl groups excluding tert-OH is 1. The summed E-state index contributed by atoms with van der Waals surface area (Å²) in [6, 6.07) is 0.309. The van der Waals surface area contributed by atoms with Crippen LogP contribution in [0.15, 0.2) is 0 Å². The normalized spacial score (nSPS) is 12.7. The summed E-state index contributed by atoms with van der Waals surface area (Å²) in [5.74, 6) is 0. The van der Waals surface area contributed by atoms with Gasteiger partial charge >= 0.3 is 0 Å². The van der Waals surface area contributed by atoms with Gasteiger partial charge in [-0.3, -0.25) is 4.90 Å². The molecule has 2 N–H and O–H groups in total. The van der Waals surface area contributed by atoms with Crippen molar-refractivity contribution in [2.24, 2.45) is 0 Å². The molecule has 0 heterocycles. The van der Waals surface area contributed by atoms with Crippen molar-refractivity contribution in [3.63, 3.8) is 0 Å². The van der Waals surface area contributed by atoms with Crippen molar-refractivity contribution in [1.82, 2.24) is 9.62 Å². The molecule has 0 amide bonds. The molecule has 0 bridgehead atoms. The van der Waals surface area contributed by atoms with Crippen molar-refractivity contribution in [3.8, 4) is 0 Å². The standard InChI is InChI=1S/C8H20N2O3S/c1-8(2)10(6-7-11)5-4-9-14(3,12)13/h8-9,11H,4-7H2,1-3H3. The van der Waals surface area contributed by atoms with Crippen molar-refractivity contribution < 1.29 is 13.5 Å². The Bertz CT molecular complexity index is 239. The first kappa shape index (κ1) is 13.8. The number of hydrogen-bond acceptors (Lipinski definition) is 4. The first-order valence-electron chi connectivity index (χ1n) is 4.66. The number of nitrogens with one attached hydrogen (secondary N) is 1. The van der Waals surface area contributed by atoms with Crippen molar-refractivity contribution in [2.45, 2.75) is 19.9 Å². The van der Waals surface area contributed by atoms with Crippen LogP contribution in [-0.4, -0.2) is 57.0 Å². The third kappa shape index (κ3) is 7.25. The Labute approximate surface area is 86.2 Å². The Morgan fingerprint density at radius 2 is 1.93 bits per heavy atom. The Balaban J connectivity index is 3.83. The second-order valence-corrected chi connectivity index (χ2v) is 5.35. The minimum Gasteiger partial charge on any atom is -0.395 e. The molecule has 0 saturated carbocycles. The number of rotatable bonds is 7. The average molecular weight is 224 g/mol. The molecule has 0 aromatic rings. The number of sulfonamides is 1. The zero-order valence-corrected chi connectivity index (χ0v) is 9.84. The van der Waals surface area contributed by atoms with E-state index < -0.39 is 10.0 Å². The summed E-state index contributed by atoms with van der Waals surface area (Å²) >= 11 is 0. The van der Waals surface area contributed by atoms with Crippen LogP contribution in [0.1, 0.15) is 13.8 Å². The molecule has 0 aromatic carbocycles. The van der Waals surface area contributed by atoms with Crippen LogP contribution in [-0.2, 0) is 10.0 Å². The first-order chi connectivity index (χ1) is 6.37. The predicted molar refractivity (Wildman–Crippen MR) is 56.6 cm³/mol. The lowest BCUT2D eigenvalue weighted by Gasteiger charge is -2.25. The highest BCUT2D eigenvalue weighted by atomic mass is 32.2. The molecule has 0 aromatic heterocycles. The van der Waals surface area contributed by atoms with Crippen molar-refractivity contribution >= 4 is 10.0 Å². The summed E-state index contributed by atoms with van der Waals surface area (Å²) in [6.07, 6.45) is 1.14. The molecule has 0 rings (SSSR count). The topological polar surface area (TPSA) is 69.6 Å². The molecular formula is C8H20N2O3S. The molecule has 14 heavy (non-hydrogen) atoms. The van der Waals surface area contributed by atoms with Crippen molar-refractivity contribution in [2.75, 3.05) is 32.5 Å². The highest BCUT2D eigenvalue weighted by Gasteiger charge is 2.09. The zero-order chi connectivity index (χ0) is 11.2. The second-order valence-electron chi connectivity index (χ2n) is 3.52. The molecule has 5 nitrogen and oxygen atoms in total. The maximum atomic E-state index is 10.8. The van der Waals surface area contributed by atoms with E-state index in [-0.39, 0.29) is 6.61 Å². The summed E-state index contributed by atoms with van der Waals surface area (Å²) in [5.41, 5.74) is 0. The van der Waals surface area contributed by atoms with Gasteiger partial charge in [-0.05, 0) is 13.8 Å². The van der Waals surface area contributed by atoms with Gasteiger partial charge in [-0.2, -0.15) is 0 Å². The maximum Gasteiger partial charge on any atom is 0.208 e. The quantitative estimate of drug-likeness (QED) is 0.596. The molecule has 0 unspecified atom stereocenters. The molecule has 0 saturated heterocycles. The Kier molecular flexibility index (Phi) is 6.26. The highest BCUT2D eigenvalue weighted by molar-refractivity contribution is 7.88. The van der Waals surface area contributed by atoms with Gasteiger partial charge in [0.15, 0.2) is 0 Å². The van der Waals surface area contributed by atoms with Gasteiger partial charge < -0.3 is 5.11 Å². The summed E-state index contributed by atoms with van der Waals surface area (Å²) < 4.78 is 23.9. The van der Waals surface area contributed by atoms with E-state index in [1.54, 1.807) is 0 Å². The number of hydrogen-bond donors (Lipinski definition) is 2. The van der Waals surface area contributed by atoms with Gasteiger partial charge in [0.1, 0.15) is 0 Å². The maximum absolute atomic E-state index is 10.8. The van der Waals surface area contributed by atoms with E-state index in [4.69, 9.17) is 5.11 Å². The van der Waals surface area contributed by atoms with Crippen molar-refractivity contribution in [3.05, 3.63) is 0 Å². The van der Waals surface area contributed by atoms with Crippen LogP contribution < -0.4 is 4.72 Å². The van der Waals surface area contributed by atoms with Crippen LogP contribution in [0.4, 0.5) is 0 Å². The van der Waals surface area contributed by atoms with Crippen molar-refractivity contribution in [1.29, 1.82) is 0 Å². The minimum atomic E-state index is -3.10. The third-order valence-corrected chi connectivity index (χ3v) is 2.61. The third-order valence-electron chi connectivity index (χ3n) is 1.88. The molecule has 0 fully saturated rings. The van der Waals surface area contributed by atoms with Gasteiger partial charge in [-0.15, -0.1) is 0 Å². The van der Waals surface area contributed by atoms with E-state index in [0.29, 0.717) is 25.7 Å². The number of nitrogens with zero attached hydrogens (tertiary/aromatic N) is 1. The van der Waals surface area contributed by atoms with Crippen LogP contribution >= 0.6 is 0 Å². The summed E-state index contributed by atoms with van der Waals surface area (Å²) in [4.78, 5) is 2.01. The van der Waals surface area contributed by atoms with E-state index >= 15 is 0 Å². The fraction of sp³-hybridized carbons (Fsp3) is 1.00. The van der Waals surface area contributed by atoms with E-state index in [1.165, 1.54) is 0 Å². The zero-order valence-electron chi connectivity index (χ0n) is 9.02. The van der Waals surface area contributed by atoms with E-state index in [0.717, 1.165) is 6.26 Å². The first-order valence-corrected chi connectivity index (χ1v) is 6.55. The lowest BCUT2D eigenvalue weighted by atomic mass is 10.3. The lowest BCUT2D eigenvalue weighted by molar-refractivity contribution is 0.168. The SMILES string of the molecule is CC(C)N(CCO)CCNS(C)(=O)=O. The van der Waals surface area contributed by atoms with Gasteiger partial charge in [0.2, 0.25) is 10.0 Å². The Hall–Kier alpha value is -0.170. The van der Waals surface area contributed by atoms with Crippen LogP contribution in [0.3, 0.4) is 0 Å². The summed E-state index contributed by atoms with van der Waals surface area (Å²) in [7, 11) is -3.10. The lowest BCUT2D eigenvalue weighted by Crippen LogP contribution is -2.39. The fourth-order valence-corrected chi connectivity index (χ4v) is 1.59. The summed E-state index contributed by atoms with van der Waals surface area (Å²) in [6.45, 7) is 5.69. The highest BCUT2D eigenvalue weighted by Crippen LogP contribution is 1.95. The van der Waals surface area contributed by atoms with Crippen LogP contribution in [0, 0.1) is 0 Å². The van der Waals surface area contributed by atoms with Crippen LogP contribution in [0.5, 0.6) is 0 Å². The summed E-state index contributed by atoms with van der Waals surface area (Å²) in [5, 5.41) is 8.76. The van der Waals surface area contributed by atoms with Gasteiger partial charge in [-0.25, -0.2) is 13.1 Å². The molecule has 0 radical (unpaired) electrons. The average Bonchev–Trinajstić information content (AvgIpc) is 2.00. The molecule has 0 spiro atoms. The monoisotopic (exact) mass is 224 g/mol. The van der Waals surface area contributed by atoms with E-state index in [9.17, 15) is 8.42 Å². The van der Waals surface area contributed by atoms with E-state index in [2.05, 4.69) is 4.72 Å². The number of aliphatic hydroxyl groups is 1. The fourth-order valence-electron chi connectivity index (χ4n) is 1.13. The van der Waals surface area contributed by atoms with Crippen LogP contribution in [0.25, 0.3) is 0 Å². The van der Waals surface area contributed by atoms with Gasteiger partial charge in [-0.1, -0.05) is 0 Å². The molecular weight excluding hydrogens is 204 g/mol. The molecule has 86 valence electrons. The molecule has 0 atom stereocenters. The van der Waals surface area contributed by atoms with Crippen LogP contribution in [0.2, 0.25) is 0 Å². The van der Waals surface area contributed by atoms with E-state index in [1.807, 2.05) is 18.7 Å². The Morgan fingerprint density at radius 3 is 2.29 bits per heavy atom. The largest absolute Gasteiger partial charge is 0.395 e. The molecule has 0 aliphatic carbocycles. The van der Waals surface area contributed by atoms with Gasteiger partial charge in [0.25, 0.3) is 0 Å².